The molecule has 0 saturated carbocycles. The molecule has 1 fully saturated rings. The lowest BCUT2D eigenvalue weighted by Gasteiger charge is -2.36. The highest BCUT2D eigenvalue weighted by molar-refractivity contribution is 5.85. The van der Waals surface area contributed by atoms with Crippen LogP contribution in [0, 0.1) is 0 Å². The van der Waals surface area contributed by atoms with Crippen molar-refractivity contribution in [2.75, 3.05) is 58.3 Å². The summed E-state index contributed by atoms with van der Waals surface area (Å²) in [6, 6.07) is 5.26. The Labute approximate surface area is 150 Å². The standard InChI is InChI=1S/C17H23F3N4O2/c1-22(2)16(26)11-21-15(25)12-23-6-8-24(9-7-23)14-5-3-4-13(10-14)17(18,19)20/h3-5,10H,6-9,11-12H2,1-2H3,(H,21,25). The number of anilines is 1. The van der Waals surface area contributed by atoms with Gasteiger partial charge in [0.25, 0.3) is 0 Å². The number of carbonyl (C=O) groups is 2. The Bertz CT molecular complexity index is 641. The van der Waals surface area contributed by atoms with Gasteiger partial charge in [-0.1, -0.05) is 6.07 Å². The minimum atomic E-state index is -4.36. The zero-order chi connectivity index (χ0) is 19.3. The van der Waals surface area contributed by atoms with Crippen molar-refractivity contribution in [3.05, 3.63) is 29.8 Å². The van der Waals surface area contributed by atoms with Crippen LogP contribution in [-0.4, -0.2) is 75.0 Å². The van der Waals surface area contributed by atoms with Crippen LogP contribution >= 0.6 is 0 Å². The van der Waals surface area contributed by atoms with Gasteiger partial charge >= 0.3 is 6.18 Å². The van der Waals surface area contributed by atoms with E-state index in [1.54, 1.807) is 20.2 Å². The largest absolute Gasteiger partial charge is 0.416 e. The van der Waals surface area contributed by atoms with Gasteiger partial charge in [0.05, 0.1) is 18.7 Å². The van der Waals surface area contributed by atoms with Gasteiger partial charge in [-0.05, 0) is 18.2 Å². The lowest BCUT2D eigenvalue weighted by molar-refractivity contribution is -0.137. The van der Waals surface area contributed by atoms with Crippen molar-refractivity contribution in [3.63, 3.8) is 0 Å². The molecular weight excluding hydrogens is 349 g/mol. The third-order valence-corrected chi connectivity index (χ3v) is 4.21. The van der Waals surface area contributed by atoms with Crippen molar-refractivity contribution in [2.24, 2.45) is 0 Å². The second-order valence-electron chi connectivity index (χ2n) is 6.38. The van der Waals surface area contributed by atoms with Crippen LogP contribution in [-0.2, 0) is 15.8 Å². The molecule has 144 valence electrons. The molecule has 0 aliphatic carbocycles. The molecule has 0 bridgehead atoms. The minimum Gasteiger partial charge on any atom is -0.369 e. The van der Waals surface area contributed by atoms with Gasteiger partial charge in [0.2, 0.25) is 11.8 Å². The fourth-order valence-corrected chi connectivity index (χ4v) is 2.63. The molecule has 1 saturated heterocycles. The summed E-state index contributed by atoms with van der Waals surface area (Å²) in [6.07, 6.45) is -4.36. The number of nitrogens with one attached hydrogen (secondary N) is 1. The van der Waals surface area contributed by atoms with Crippen molar-refractivity contribution in [3.8, 4) is 0 Å². The number of hydrogen-bond donors (Lipinski definition) is 1. The van der Waals surface area contributed by atoms with E-state index in [1.165, 1.54) is 11.0 Å². The van der Waals surface area contributed by atoms with Crippen LogP contribution in [0.1, 0.15) is 5.56 Å². The number of piperazine rings is 1. The predicted octanol–water partition coefficient (Wildman–Crippen LogP) is 1.03. The van der Waals surface area contributed by atoms with Gasteiger partial charge < -0.3 is 15.1 Å². The molecule has 1 aromatic rings. The van der Waals surface area contributed by atoms with Gasteiger partial charge in [-0.15, -0.1) is 0 Å². The predicted molar refractivity (Wildman–Crippen MR) is 91.8 cm³/mol. The first kappa shape index (κ1) is 20.0. The van der Waals surface area contributed by atoms with E-state index in [0.717, 1.165) is 12.1 Å². The van der Waals surface area contributed by atoms with Crippen LogP contribution in [0.25, 0.3) is 0 Å². The zero-order valence-corrected chi connectivity index (χ0v) is 14.8. The van der Waals surface area contributed by atoms with Gasteiger partial charge in [0, 0.05) is 46.0 Å². The smallest absolute Gasteiger partial charge is 0.369 e. The number of benzene rings is 1. The summed E-state index contributed by atoms with van der Waals surface area (Å²) in [5.41, 5.74) is -0.136. The van der Waals surface area contributed by atoms with E-state index in [1.807, 2.05) is 9.80 Å². The average molecular weight is 372 g/mol. The summed E-state index contributed by atoms with van der Waals surface area (Å²) in [6.45, 7) is 2.31. The number of carbonyl (C=O) groups excluding carboxylic acids is 2. The van der Waals surface area contributed by atoms with Crippen molar-refractivity contribution in [2.45, 2.75) is 6.18 Å². The molecule has 2 rings (SSSR count). The molecule has 2 amide bonds. The van der Waals surface area contributed by atoms with E-state index in [-0.39, 0.29) is 24.9 Å². The third-order valence-electron chi connectivity index (χ3n) is 4.21. The monoisotopic (exact) mass is 372 g/mol. The van der Waals surface area contributed by atoms with Crippen molar-refractivity contribution in [1.82, 2.24) is 15.1 Å². The Balaban J connectivity index is 1.82. The normalized spacial score (nSPS) is 15.7. The summed E-state index contributed by atoms with van der Waals surface area (Å²) in [5, 5.41) is 2.57. The number of alkyl halides is 3. The molecule has 0 unspecified atom stereocenters. The molecule has 1 N–H and O–H groups in total. The SMILES string of the molecule is CN(C)C(=O)CNC(=O)CN1CCN(c2cccc(C(F)(F)F)c2)CC1. The third kappa shape index (κ3) is 5.62. The molecule has 0 aromatic heterocycles. The zero-order valence-electron chi connectivity index (χ0n) is 14.8. The Morgan fingerprint density at radius 1 is 1.15 bits per heavy atom. The van der Waals surface area contributed by atoms with Crippen LogP contribution < -0.4 is 10.2 Å². The first-order valence-corrected chi connectivity index (χ1v) is 8.28. The summed E-state index contributed by atoms with van der Waals surface area (Å²) >= 11 is 0. The van der Waals surface area contributed by atoms with Crippen LogP contribution in [0.3, 0.4) is 0 Å². The van der Waals surface area contributed by atoms with E-state index in [4.69, 9.17) is 0 Å². The fourth-order valence-electron chi connectivity index (χ4n) is 2.63. The minimum absolute atomic E-state index is 0.0456. The number of rotatable bonds is 5. The maximum absolute atomic E-state index is 12.8. The topological polar surface area (TPSA) is 55.9 Å². The molecule has 1 aliphatic heterocycles. The Kier molecular flexibility index (Phi) is 6.47. The Morgan fingerprint density at radius 3 is 2.38 bits per heavy atom. The number of hydrogen-bond acceptors (Lipinski definition) is 4. The molecule has 1 aromatic carbocycles. The molecule has 6 nitrogen and oxygen atoms in total. The van der Waals surface area contributed by atoms with Gasteiger partial charge in [-0.3, -0.25) is 14.5 Å². The lowest BCUT2D eigenvalue weighted by atomic mass is 10.1. The molecule has 0 radical (unpaired) electrons. The number of nitrogens with zero attached hydrogens (tertiary/aromatic N) is 3. The van der Waals surface area contributed by atoms with Crippen LogP contribution in [0.4, 0.5) is 18.9 Å². The maximum Gasteiger partial charge on any atom is 0.416 e. The molecule has 26 heavy (non-hydrogen) atoms. The van der Waals surface area contributed by atoms with Gasteiger partial charge in [0.1, 0.15) is 0 Å². The number of amides is 2. The Hall–Kier alpha value is -2.29. The molecule has 1 heterocycles. The summed E-state index contributed by atoms with van der Waals surface area (Å²) in [4.78, 5) is 28.5. The quantitative estimate of drug-likeness (QED) is 0.839. The van der Waals surface area contributed by atoms with E-state index in [2.05, 4.69) is 5.32 Å². The highest BCUT2D eigenvalue weighted by Gasteiger charge is 2.31. The highest BCUT2D eigenvalue weighted by Crippen LogP contribution is 2.31. The van der Waals surface area contributed by atoms with Crippen LogP contribution in [0.2, 0.25) is 0 Å². The van der Waals surface area contributed by atoms with E-state index in [9.17, 15) is 22.8 Å². The van der Waals surface area contributed by atoms with Crippen LogP contribution in [0.5, 0.6) is 0 Å². The van der Waals surface area contributed by atoms with Gasteiger partial charge in [-0.2, -0.15) is 13.2 Å². The van der Waals surface area contributed by atoms with Crippen molar-refractivity contribution < 1.29 is 22.8 Å². The summed E-state index contributed by atoms with van der Waals surface area (Å²) < 4.78 is 38.5. The fraction of sp³-hybridized carbons (Fsp3) is 0.529. The second-order valence-corrected chi connectivity index (χ2v) is 6.38. The van der Waals surface area contributed by atoms with Crippen LogP contribution in [0.15, 0.2) is 24.3 Å². The van der Waals surface area contributed by atoms with Crippen molar-refractivity contribution >= 4 is 17.5 Å². The second kappa shape index (κ2) is 8.39. The molecular formula is C17H23F3N4O2. The maximum atomic E-state index is 12.8. The number of halogens is 3. The van der Waals surface area contributed by atoms with Gasteiger partial charge in [0.15, 0.2) is 0 Å². The number of likely N-dealkylation sites (N-methyl/N-ethyl adjacent to an activating group) is 1. The summed E-state index contributed by atoms with van der Waals surface area (Å²) in [7, 11) is 3.23. The Morgan fingerprint density at radius 2 is 1.81 bits per heavy atom. The average Bonchev–Trinajstić information content (AvgIpc) is 2.59. The summed E-state index contributed by atoms with van der Waals surface area (Å²) in [5.74, 6) is -0.430. The first-order chi connectivity index (χ1) is 12.2. The first-order valence-electron chi connectivity index (χ1n) is 8.28. The molecule has 1 aliphatic rings. The lowest BCUT2D eigenvalue weighted by Crippen LogP contribution is -2.50. The highest BCUT2D eigenvalue weighted by atomic mass is 19.4. The molecule has 0 spiro atoms. The van der Waals surface area contributed by atoms with Gasteiger partial charge in [-0.25, -0.2) is 0 Å². The van der Waals surface area contributed by atoms with E-state index < -0.39 is 11.7 Å². The molecule has 0 atom stereocenters. The van der Waals surface area contributed by atoms with E-state index in [0.29, 0.717) is 31.9 Å². The molecule has 9 heteroatoms. The van der Waals surface area contributed by atoms with E-state index >= 15 is 0 Å². The van der Waals surface area contributed by atoms with Crippen molar-refractivity contribution in [1.29, 1.82) is 0 Å².